The van der Waals surface area contributed by atoms with Crippen LogP contribution in [0, 0.1) is 17.7 Å². The summed E-state index contributed by atoms with van der Waals surface area (Å²) in [5.41, 5.74) is 4.63. The molecule has 0 amide bonds. The number of para-hydroxylation sites is 2. The van der Waals surface area contributed by atoms with E-state index in [0.29, 0.717) is 18.3 Å². The van der Waals surface area contributed by atoms with E-state index in [4.69, 9.17) is 0 Å². The Bertz CT molecular complexity index is 886. The maximum Gasteiger partial charge on any atom is 0.163 e. The van der Waals surface area contributed by atoms with Gasteiger partial charge in [-0.2, -0.15) is 0 Å². The fraction of sp³-hybridized carbons (Fsp3) is 0.348. The van der Waals surface area contributed by atoms with E-state index < -0.39 is 0 Å². The summed E-state index contributed by atoms with van der Waals surface area (Å²) in [6, 6.07) is 14.2. The molecule has 0 unspecified atom stereocenters. The number of rotatable bonds is 3. The van der Waals surface area contributed by atoms with Crippen molar-refractivity contribution in [3.63, 3.8) is 0 Å². The van der Waals surface area contributed by atoms with E-state index in [1.54, 1.807) is 12.1 Å². The third-order valence-corrected chi connectivity index (χ3v) is 5.40. The molecule has 0 spiro atoms. The van der Waals surface area contributed by atoms with Crippen molar-refractivity contribution in [3.05, 3.63) is 71.2 Å². The minimum absolute atomic E-state index is 0.184. The van der Waals surface area contributed by atoms with Crippen LogP contribution < -0.4 is 10.6 Å². The van der Waals surface area contributed by atoms with Crippen molar-refractivity contribution in [2.75, 3.05) is 10.6 Å². The van der Waals surface area contributed by atoms with Gasteiger partial charge in [-0.25, -0.2) is 4.39 Å². The number of ketones is 1. The highest BCUT2D eigenvalue weighted by molar-refractivity contribution is 6.00. The van der Waals surface area contributed by atoms with E-state index in [1.165, 1.54) is 12.1 Å². The molecule has 0 aromatic heterocycles. The largest absolute Gasteiger partial charge is 0.372 e. The van der Waals surface area contributed by atoms with Crippen LogP contribution in [0.15, 0.2) is 59.8 Å². The van der Waals surface area contributed by atoms with Crippen LogP contribution >= 0.6 is 0 Å². The molecule has 140 valence electrons. The Morgan fingerprint density at radius 1 is 1.04 bits per heavy atom. The molecule has 3 nitrogen and oxygen atoms in total. The van der Waals surface area contributed by atoms with Crippen LogP contribution in [-0.2, 0) is 4.79 Å². The van der Waals surface area contributed by atoms with Crippen molar-refractivity contribution >= 4 is 17.2 Å². The van der Waals surface area contributed by atoms with Crippen LogP contribution in [0.1, 0.15) is 44.7 Å². The summed E-state index contributed by atoms with van der Waals surface area (Å²) in [6.07, 6.45) is 2.49. The number of fused-ring (bicyclic) bond motifs is 1. The maximum atomic E-state index is 13.4. The number of Topliss-reactive ketones (excluding diaryl/α,β-unsaturated/α-hetero) is 1. The summed E-state index contributed by atoms with van der Waals surface area (Å²) < 4.78 is 13.4. The van der Waals surface area contributed by atoms with Crippen LogP contribution in [0.3, 0.4) is 0 Å². The molecule has 0 saturated heterocycles. The number of halogens is 1. The number of hydrogen-bond donors (Lipinski definition) is 2. The second-order valence-corrected chi connectivity index (χ2v) is 8.02. The molecule has 1 aliphatic heterocycles. The molecule has 0 saturated carbocycles. The minimum atomic E-state index is -0.274. The van der Waals surface area contributed by atoms with E-state index in [-0.39, 0.29) is 17.6 Å². The van der Waals surface area contributed by atoms with Crippen LogP contribution in [0.25, 0.3) is 0 Å². The number of allylic oxidation sites excluding steroid dienone is 1. The van der Waals surface area contributed by atoms with E-state index in [9.17, 15) is 9.18 Å². The molecule has 2 aliphatic rings. The highest BCUT2D eigenvalue weighted by Crippen LogP contribution is 2.42. The van der Waals surface area contributed by atoms with E-state index in [0.717, 1.165) is 41.1 Å². The zero-order chi connectivity index (χ0) is 19.0. The van der Waals surface area contributed by atoms with Crippen molar-refractivity contribution in [3.8, 4) is 0 Å². The molecule has 4 rings (SSSR count). The third-order valence-electron chi connectivity index (χ3n) is 5.40. The highest BCUT2D eigenvalue weighted by atomic mass is 19.1. The zero-order valence-corrected chi connectivity index (χ0v) is 15.8. The van der Waals surface area contributed by atoms with Crippen molar-refractivity contribution in [2.24, 2.45) is 11.8 Å². The predicted octanol–water partition coefficient (Wildman–Crippen LogP) is 5.68. The molecule has 0 fully saturated rings. The third kappa shape index (κ3) is 3.61. The van der Waals surface area contributed by atoms with E-state index in [1.807, 2.05) is 24.3 Å². The van der Waals surface area contributed by atoms with Crippen LogP contribution in [-0.4, -0.2) is 5.78 Å². The van der Waals surface area contributed by atoms with Gasteiger partial charge in [0.25, 0.3) is 0 Å². The molecule has 27 heavy (non-hydrogen) atoms. The van der Waals surface area contributed by atoms with Gasteiger partial charge in [-0.1, -0.05) is 38.1 Å². The summed E-state index contributed by atoms with van der Waals surface area (Å²) in [7, 11) is 0. The first-order valence-electron chi connectivity index (χ1n) is 9.65. The van der Waals surface area contributed by atoms with E-state index in [2.05, 4.69) is 24.5 Å². The maximum absolute atomic E-state index is 13.4. The van der Waals surface area contributed by atoms with Gasteiger partial charge < -0.3 is 10.6 Å². The topological polar surface area (TPSA) is 41.1 Å². The highest BCUT2D eigenvalue weighted by Gasteiger charge is 2.35. The van der Waals surface area contributed by atoms with Gasteiger partial charge in [0.2, 0.25) is 0 Å². The molecule has 1 aliphatic carbocycles. The second-order valence-electron chi connectivity index (χ2n) is 8.02. The van der Waals surface area contributed by atoms with Crippen LogP contribution in [0.5, 0.6) is 0 Å². The zero-order valence-electron chi connectivity index (χ0n) is 15.8. The summed E-state index contributed by atoms with van der Waals surface area (Å²) in [6.45, 7) is 4.40. The Labute approximate surface area is 159 Å². The van der Waals surface area contributed by atoms with E-state index >= 15 is 0 Å². The quantitative estimate of drug-likeness (QED) is 0.736. The van der Waals surface area contributed by atoms with Crippen LogP contribution in [0.4, 0.5) is 15.8 Å². The summed E-state index contributed by atoms with van der Waals surface area (Å²) >= 11 is 0. The average Bonchev–Trinajstić information content (AvgIpc) is 2.78. The summed E-state index contributed by atoms with van der Waals surface area (Å²) in [4.78, 5) is 13.2. The number of anilines is 2. The van der Waals surface area contributed by atoms with Gasteiger partial charge in [0, 0.05) is 17.7 Å². The lowest BCUT2D eigenvalue weighted by Crippen LogP contribution is -2.28. The first-order chi connectivity index (χ1) is 13.0. The number of benzene rings is 2. The standard InChI is InChI=1S/C23H25FN2O/c1-14(2)11-15-12-20-22(21(27)13-15)23(16-7-9-17(24)10-8-16)26-19-6-4-3-5-18(19)25-20/h3-10,14-15,23,25-26H,11-13H2,1-2H3/t15-,23+/m0/s1. The van der Waals surface area contributed by atoms with Gasteiger partial charge in [-0.05, 0) is 54.5 Å². The minimum Gasteiger partial charge on any atom is -0.372 e. The van der Waals surface area contributed by atoms with Gasteiger partial charge >= 0.3 is 0 Å². The smallest absolute Gasteiger partial charge is 0.163 e. The fourth-order valence-corrected chi connectivity index (χ4v) is 4.31. The normalized spacial score (nSPS) is 21.9. The number of carbonyl (C=O) groups is 1. The molecule has 0 bridgehead atoms. The Morgan fingerprint density at radius 2 is 1.74 bits per heavy atom. The number of nitrogens with one attached hydrogen (secondary N) is 2. The fourth-order valence-electron chi connectivity index (χ4n) is 4.31. The SMILES string of the molecule is CC(C)C[C@@H]1CC(=O)C2=C(C1)Nc1ccccc1N[C@@H]2c1ccc(F)cc1. The molecule has 4 heteroatoms. The first-order valence-corrected chi connectivity index (χ1v) is 9.65. The average molecular weight is 364 g/mol. The second kappa shape index (κ2) is 7.18. The number of carbonyl (C=O) groups excluding carboxylic acids is 1. The van der Waals surface area contributed by atoms with Gasteiger partial charge in [0.1, 0.15) is 5.82 Å². The van der Waals surface area contributed by atoms with Crippen molar-refractivity contribution in [1.82, 2.24) is 0 Å². The predicted molar refractivity (Wildman–Crippen MR) is 107 cm³/mol. The molecule has 2 aromatic rings. The Balaban J connectivity index is 1.79. The Hall–Kier alpha value is -2.62. The van der Waals surface area contributed by atoms with Crippen molar-refractivity contribution in [1.29, 1.82) is 0 Å². The Morgan fingerprint density at radius 3 is 2.44 bits per heavy atom. The van der Waals surface area contributed by atoms with Crippen molar-refractivity contribution in [2.45, 2.75) is 39.2 Å². The lowest BCUT2D eigenvalue weighted by atomic mass is 9.78. The lowest BCUT2D eigenvalue weighted by molar-refractivity contribution is -0.117. The first kappa shape index (κ1) is 17.8. The monoisotopic (exact) mass is 364 g/mol. The van der Waals surface area contributed by atoms with Crippen LogP contribution in [0.2, 0.25) is 0 Å². The molecule has 2 atom stereocenters. The molecule has 0 radical (unpaired) electrons. The Kier molecular flexibility index (Phi) is 4.73. The van der Waals surface area contributed by atoms with Gasteiger partial charge in [-0.3, -0.25) is 4.79 Å². The molecule has 2 N–H and O–H groups in total. The molecule has 2 aromatic carbocycles. The van der Waals surface area contributed by atoms with Gasteiger partial charge in [0.15, 0.2) is 5.78 Å². The van der Waals surface area contributed by atoms with Gasteiger partial charge in [0.05, 0.1) is 17.4 Å². The number of hydrogen-bond acceptors (Lipinski definition) is 3. The summed E-state index contributed by atoms with van der Waals surface area (Å²) in [5.74, 6) is 0.841. The molecule has 1 heterocycles. The van der Waals surface area contributed by atoms with Crippen molar-refractivity contribution < 1.29 is 9.18 Å². The summed E-state index contributed by atoms with van der Waals surface area (Å²) in [5, 5.41) is 7.05. The molecular formula is C23H25FN2O. The molecular weight excluding hydrogens is 339 g/mol. The van der Waals surface area contributed by atoms with Gasteiger partial charge in [-0.15, -0.1) is 0 Å². The lowest BCUT2D eigenvalue weighted by Gasteiger charge is -2.30.